The molecule has 1 atom stereocenters. The monoisotopic (exact) mass is 217 g/mol. The van der Waals surface area contributed by atoms with Crippen LogP contribution in [-0.4, -0.2) is 6.61 Å². The minimum Gasteiger partial charge on any atom is -0.375 e. The number of halogens is 3. The first-order valence-electron chi connectivity index (χ1n) is 4.52. The summed E-state index contributed by atoms with van der Waals surface area (Å²) in [6.45, 7) is 0.561. The Balaban J connectivity index is 2.42. The van der Waals surface area contributed by atoms with Crippen LogP contribution in [0.3, 0.4) is 0 Å². The molecule has 0 saturated heterocycles. The lowest BCUT2D eigenvalue weighted by molar-refractivity contribution is -0.137. The Morgan fingerprint density at radius 1 is 1.33 bits per heavy atom. The lowest BCUT2D eigenvalue weighted by Gasteiger charge is -2.23. The maximum Gasteiger partial charge on any atom is 0.416 e. The van der Waals surface area contributed by atoms with Crippen molar-refractivity contribution < 1.29 is 17.9 Å². The van der Waals surface area contributed by atoms with E-state index in [-0.39, 0.29) is 12.6 Å². The molecule has 15 heavy (non-hydrogen) atoms. The van der Waals surface area contributed by atoms with E-state index in [4.69, 9.17) is 10.5 Å². The van der Waals surface area contributed by atoms with E-state index in [1.807, 2.05) is 0 Å². The largest absolute Gasteiger partial charge is 0.416 e. The molecule has 1 aromatic carbocycles. The van der Waals surface area contributed by atoms with E-state index < -0.39 is 11.7 Å². The van der Waals surface area contributed by atoms with Gasteiger partial charge in [-0.2, -0.15) is 13.2 Å². The minimum absolute atomic E-state index is 0.201. The van der Waals surface area contributed by atoms with Crippen LogP contribution in [0.4, 0.5) is 13.2 Å². The van der Waals surface area contributed by atoms with E-state index >= 15 is 0 Å². The maximum atomic E-state index is 12.4. The van der Waals surface area contributed by atoms with Crippen LogP contribution >= 0.6 is 0 Å². The predicted molar refractivity (Wildman–Crippen MR) is 48.0 cm³/mol. The second-order valence-electron chi connectivity index (χ2n) is 3.53. The third-order valence-corrected chi connectivity index (χ3v) is 2.42. The minimum atomic E-state index is -4.31. The fourth-order valence-corrected chi connectivity index (χ4v) is 1.65. The highest BCUT2D eigenvalue weighted by molar-refractivity contribution is 5.36. The van der Waals surface area contributed by atoms with Gasteiger partial charge in [0.25, 0.3) is 0 Å². The molecular formula is C10H10F3NO. The van der Waals surface area contributed by atoms with E-state index in [2.05, 4.69) is 0 Å². The van der Waals surface area contributed by atoms with Crippen LogP contribution in [0.15, 0.2) is 18.2 Å². The summed E-state index contributed by atoms with van der Waals surface area (Å²) in [4.78, 5) is 0. The smallest absolute Gasteiger partial charge is 0.375 e. The van der Waals surface area contributed by atoms with Crippen molar-refractivity contribution >= 4 is 0 Å². The number of fused-ring (bicyclic) bond motifs is 1. The van der Waals surface area contributed by atoms with Gasteiger partial charge in [0.15, 0.2) is 0 Å². The molecule has 0 bridgehead atoms. The van der Waals surface area contributed by atoms with Crippen LogP contribution in [-0.2, 0) is 17.5 Å². The van der Waals surface area contributed by atoms with Crippen molar-refractivity contribution in [1.82, 2.24) is 0 Å². The van der Waals surface area contributed by atoms with Gasteiger partial charge in [0.1, 0.15) is 0 Å². The molecule has 5 heteroatoms. The summed E-state index contributed by atoms with van der Waals surface area (Å²) in [7, 11) is 0. The zero-order valence-corrected chi connectivity index (χ0v) is 7.84. The summed E-state index contributed by atoms with van der Waals surface area (Å²) in [6.07, 6.45) is -4.31. The second kappa shape index (κ2) is 3.50. The third kappa shape index (κ3) is 1.98. The molecule has 0 unspecified atom stereocenters. The molecule has 0 aromatic heterocycles. The molecule has 2 nitrogen and oxygen atoms in total. The first-order chi connectivity index (χ1) is 6.98. The Morgan fingerprint density at radius 3 is 2.73 bits per heavy atom. The average Bonchev–Trinajstić information content (AvgIpc) is 2.16. The summed E-state index contributed by atoms with van der Waals surface area (Å²) in [5, 5.41) is 0. The van der Waals surface area contributed by atoms with Crippen LogP contribution in [0.5, 0.6) is 0 Å². The van der Waals surface area contributed by atoms with Crippen molar-refractivity contribution in [3.8, 4) is 0 Å². The number of ether oxygens (including phenoxy) is 1. The average molecular weight is 217 g/mol. The van der Waals surface area contributed by atoms with Crippen molar-refractivity contribution in [3.63, 3.8) is 0 Å². The molecule has 0 saturated carbocycles. The van der Waals surface area contributed by atoms with Gasteiger partial charge in [-0.15, -0.1) is 0 Å². The van der Waals surface area contributed by atoms with Crippen molar-refractivity contribution in [2.45, 2.75) is 18.8 Å². The van der Waals surface area contributed by atoms with Gasteiger partial charge >= 0.3 is 6.18 Å². The van der Waals surface area contributed by atoms with Crippen molar-refractivity contribution in [3.05, 3.63) is 34.9 Å². The fourth-order valence-electron chi connectivity index (χ4n) is 1.65. The number of hydrogen-bond acceptors (Lipinski definition) is 2. The molecule has 0 fully saturated rings. The molecule has 1 heterocycles. The maximum absolute atomic E-state index is 12.4. The number of rotatable bonds is 0. The van der Waals surface area contributed by atoms with Crippen LogP contribution in [0.25, 0.3) is 0 Å². The lowest BCUT2D eigenvalue weighted by Crippen LogP contribution is -2.24. The Hall–Kier alpha value is -1.07. The summed E-state index contributed by atoms with van der Waals surface area (Å²) in [5.41, 5.74) is 6.32. The molecule has 2 rings (SSSR count). The van der Waals surface area contributed by atoms with Gasteiger partial charge in [0.2, 0.25) is 0 Å². The summed E-state index contributed by atoms with van der Waals surface area (Å²) in [5.74, 6) is 0. The Labute approximate surface area is 84.8 Å². The fraction of sp³-hybridized carbons (Fsp3) is 0.400. The van der Waals surface area contributed by atoms with Gasteiger partial charge < -0.3 is 10.5 Å². The molecule has 0 amide bonds. The molecule has 1 aliphatic rings. The molecule has 0 aliphatic carbocycles. The van der Waals surface area contributed by atoms with E-state index in [0.717, 1.165) is 17.7 Å². The van der Waals surface area contributed by atoms with Crippen LogP contribution in [0.1, 0.15) is 22.7 Å². The van der Waals surface area contributed by atoms with E-state index in [9.17, 15) is 13.2 Å². The second-order valence-corrected chi connectivity index (χ2v) is 3.53. The van der Waals surface area contributed by atoms with Crippen molar-refractivity contribution in [1.29, 1.82) is 0 Å². The SMILES string of the molecule is N[C@H]1COCc2cc(C(F)(F)F)ccc21. The molecule has 82 valence electrons. The number of nitrogens with two attached hydrogens (primary N) is 1. The normalized spacial score (nSPS) is 21.2. The Morgan fingerprint density at radius 2 is 2.07 bits per heavy atom. The summed E-state index contributed by atoms with van der Waals surface area (Å²) in [6, 6.07) is 3.28. The third-order valence-electron chi connectivity index (χ3n) is 2.42. The van der Waals surface area contributed by atoms with Gasteiger partial charge in [-0.25, -0.2) is 0 Å². The standard InChI is InChI=1S/C10H10F3NO/c11-10(12,13)7-1-2-8-6(3-7)4-15-5-9(8)14/h1-3,9H,4-5,14H2/t9-/m0/s1. The first kappa shape index (κ1) is 10.4. The molecule has 0 spiro atoms. The van der Waals surface area contributed by atoms with Gasteiger partial charge in [-0.1, -0.05) is 6.07 Å². The lowest BCUT2D eigenvalue weighted by atomic mass is 9.97. The van der Waals surface area contributed by atoms with Gasteiger partial charge in [0.05, 0.1) is 24.8 Å². The van der Waals surface area contributed by atoms with Gasteiger partial charge in [0, 0.05) is 0 Å². The van der Waals surface area contributed by atoms with Gasteiger partial charge in [-0.05, 0) is 23.3 Å². The number of benzene rings is 1. The van der Waals surface area contributed by atoms with Crippen LogP contribution in [0.2, 0.25) is 0 Å². The van der Waals surface area contributed by atoms with E-state index in [1.54, 1.807) is 0 Å². The molecule has 1 aromatic rings. The summed E-state index contributed by atoms with van der Waals surface area (Å²) < 4.78 is 42.2. The molecule has 2 N–H and O–H groups in total. The quantitative estimate of drug-likeness (QED) is 0.723. The van der Waals surface area contributed by atoms with Crippen LogP contribution in [0, 0.1) is 0 Å². The molecular weight excluding hydrogens is 207 g/mol. The number of alkyl halides is 3. The zero-order chi connectivity index (χ0) is 11.1. The molecule has 1 aliphatic heterocycles. The highest BCUT2D eigenvalue weighted by Crippen LogP contribution is 2.33. The first-order valence-corrected chi connectivity index (χ1v) is 4.52. The van der Waals surface area contributed by atoms with Crippen LogP contribution < -0.4 is 5.73 Å². The topological polar surface area (TPSA) is 35.2 Å². The zero-order valence-electron chi connectivity index (χ0n) is 7.84. The Kier molecular flexibility index (Phi) is 2.44. The highest BCUT2D eigenvalue weighted by Gasteiger charge is 2.31. The number of hydrogen-bond donors (Lipinski definition) is 1. The van der Waals surface area contributed by atoms with E-state index in [1.165, 1.54) is 6.07 Å². The summed E-state index contributed by atoms with van der Waals surface area (Å²) >= 11 is 0. The van der Waals surface area contributed by atoms with E-state index in [0.29, 0.717) is 12.2 Å². The Bertz CT molecular complexity index is 375. The molecule has 0 radical (unpaired) electrons. The predicted octanol–water partition coefficient (Wildman–Crippen LogP) is 2.24. The van der Waals surface area contributed by atoms with Gasteiger partial charge in [-0.3, -0.25) is 0 Å². The van der Waals surface area contributed by atoms with Crippen molar-refractivity contribution in [2.24, 2.45) is 5.73 Å². The van der Waals surface area contributed by atoms with Crippen molar-refractivity contribution in [2.75, 3.05) is 6.61 Å². The highest BCUT2D eigenvalue weighted by atomic mass is 19.4.